The Morgan fingerprint density at radius 3 is 2.44 bits per heavy atom. The van der Waals surface area contributed by atoms with Crippen LogP contribution in [0.2, 0.25) is 24.7 Å². The van der Waals surface area contributed by atoms with E-state index in [2.05, 4.69) is 40.5 Å². The summed E-state index contributed by atoms with van der Waals surface area (Å²) in [5, 5.41) is 23.2. The average Bonchev–Trinajstić information content (AvgIpc) is 3.24. The molecule has 1 aliphatic carbocycles. The number of benzene rings is 1. The van der Waals surface area contributed by atoms with Crippen molar-refractivity contribution in [3.05, 3.63) is 47.2 Å². The number of H-pyrrole nitrogens is 1. The van der Waals surface area contributed by atoms with E-state index in [4.69, 9.17) is 0 Å². The number of hydrogen-bond donors (Lipinski definition) is 4. The molecule has 0 radical (unpaired) electrons. The van der Waals surface area contributed by atoms with Gasteiger partial charge in [-0.1, -0.05) is 56.4 Å². The SMILES string of the molecule is CC1(C)c2[nH]nc(NC(=O)C3([Si](C)(C)C)CCC3)c2CN1C(=O)N[C@@H](CO)Cc1ccccc1. The summed E-state index contributed by atoms with van der Waals surface area (Å²) >= 11 is 0. The topological polar surface area (TPSA) is 110 Å². The number of aliphatic hydroxyl groups is 1. The van der Waals surface area contributed by atoms with Crippen molar-refractivity contribution in [3.8, 4) is 0 Å². The summed E-state index contributed by atoms with van der Waals surface area (Å²) in [6.07, 6.45) is 3.51. The highest BCUT2D eigenvalue weighted by molar-refractivity contribution is 6.83. The molecule has 4 rings (SSSR count). The van der Waals surface area contributed by atoms with Crippen molar-refractivity contribution in [1.82, 2.24) is 20.4 Å². The van der Waals surface area contributed by atoms with E-state index in [0.29, 0.717) is 18.8 Å². The standard InChI is InChI=1S/C25H37N5O3Si/c1-24(2)20-19(21(29-28-20)27-22(32)25(12-9-13-25)34(3,4)5)15-30(24)23(33)26-18(16-31)14-17-10-7-6-8-11-17/h6-8,10-11,18,31H,9,12-16H2,1-5H3,(H,26,33)(H2,27,28,29,32)/t18-/m1/s1. The van der Waals surface area contributed by atoms with Crippen molar-refractivity contribution in [2.75, 3.05) is 11.9 Å². The fraction of sp³-hybridized carbons (Fsp3) is 0.560. The molecule has 1 saturated carbocycles. The van der Waals surface area contributed by atoms with Gasteiger partial charge < -0.3 is 20.6 Å². The first-order valence-corrected chi connectivity index (χ1v) is 15.6. The predicted octanol–water partition coefficient (Wildman–Crippen LogP) is 3.97. The van der Waals surface area contributed by atoms with E-state index in [9.17, 15) is 14.7 Å². The number of fused-ring (bicyclic) bond motifs is 1. The second-order valence-electron chi connectivity index (χ2n) is 11.2. The third kappa shape index (κ3) is 4.15. The summed E-state index contributed by atoms with van der Waals surface area (Å²) in [5.41, 5.74) is 2.10. The molecule has 1 aliphatic heterocycles. The van der Waals surface area contributed by atoms with Gasteiger partial charge in [0, 0.05) is 10.6 Å². The number of aromatic amines is 1. The van der Waals surface area contributed by atoms with Crippen LogP contribution in [-0.4, -0.2) is 52.9 Å². The Hall–Kier alpha value is -2.65. The number of rotatable bonds is 7. The van der Waals surface area contributed by atoms with Crippen molar-refractivity contribution in [2.24, 2.45) is 0 Å². The van der Waals surface area contributed by atoms with Gasteiger partial charge >= 0.3 is 6.03 Å². The van der Waals surface area contributed by atoms with E-state index >= 15 is 0 Å². The molecule has 0 bridgehead atoms. The van der Waals surface area contributed by atoms with Gasteiger partial charge in [0.1, 0.15) is 0 Å². The zero-order valence-corrected chi connectivity index (χ0v) is 21.9. The molecule has 0 saturated heterocycles. The normalized spacial score (nSPS) is 19.2. The van der Waals surface area contributed by atoms with Crippen LogP contribution in [0.15, 0.2) is 30.3 Å². The van der Waals surface area contributed by atoms with Crippen molar-refractivity contribution in [2.45, 2.75) is 82.3 Å². The third-order valence-electron chi connectivity index (χ3n) is 7.90. The van der Waals surface area contributed by atoms with E-state index in [-0.39, 0.29) is 23.6 Å². The Kier molecular flexibility index (Phi) is 6.37. The molecule has 1 aromatic carbocycles. The van der Waals surface area contributed by atoms with Crippen LogP contribution in [0.25, 0.3) is 0 Å². The highest BCUT2D eigenvalue weighted by Crippen LogP contribution is 2.56. The molecule has 184 valence electrons. The Morgan fingerprint density at radius 1 is 1.21 bits per heavy atom. The molecule has 4 N–H and O–H groups in total. The maximum Gasteiger partial charge on any atom is 0.318 e. The molecule has 2 aliphatic rings. The first kappa shape index (κ1) is 24.5. The van der Waals surface area contributed by atoms with Gasteiger partial charge in [-0.2, -0.15) is 5.10 Å². The lowest BCUT2D eigenvalue weighted by atomic mass is 9.83. The number of aromatic nitrogens is 2. The fourth-order valence-electron chi connectivity index (χ4n) is 5.33. The van der Waals surface area contributed by atoms with E-state index in [1.807, 2.05) is 44.2 Å². The molecular weight excluding hydrogens is 446 g/mol. The molecule has 2 heterocycles. The zero-order chi connectivity index (χ0) is 24.7. The number of amides is 3. The molecule has 1 fully saturated rings. The molecule has 3 amide bonds. The Morgan fingerprint density at radius 2 is 1.88 bits per heavy atom. The molecular formula is C25H37N5O3Si. The average molecular weight is 484 g/mol. The number of anilines is 1. The number of aliphatic hydroxyl groups excluding tert-OH is 1. The lowest BCUT2D eigenvalue weighted by Gasteiger charge is -2.48. The van der Waals surface area contributed by atoms with Gasteiger partial charge in [0.05, 0.1) is 38.5 Å². The number of hydrogen-bond acceptors (Lipinski definition) is 4. The number of nitrogens with zero attached hydrogens (tertiary/aromatic N) is 2. The van der Waals surface area contributed by atoms with Crippen LogP contribution in [0.5, 0.6) is 0 Å². The van der Waals surface area contributed by atoms with Gasteiger partial charge in [-0.25, -0.2) is 4.79 Å². The van der Waals surface area contributed by atoms with Crippen LogP contribution in [0.3, 0.4) is 0 Å². The van der Waals surface area contributed by atoms with Crippen molar-refractivity contribution < 1.29 is 14.7 Å². The van der Waals surface area contributed by atoms with Gasteiger partial charge in [-0.15, -0.1) is 0 Å². The summed E-state index contributed by atoms with van der Waals surface area (Å²) in [6, 6.07) is 9.15. The molecule has 2 aromatic rings. The molecule has 9 heteroatoms. The van der Waals surface area contributed by atoms with Crippen LogP contribution < -0.4 is 10.6 Å². The largest absolute Gasteiger partial charge is 0.394 e. The van der Waals surface area contributed by atoms with Gasteiger partial charge in [0.15, 0.2) is 5.82 Å². The first-order chi connectivity index (χ1) is 16.0. The van der Waals surface area contributed by atoms with E-state index < -0.39 is 19.7 Å². The van der Waals surface area contributed by atoms with Crippen LogP contribution in [0, 0.1) is 0 Å². The number of urea groups is 1. The van der Waals surface area contributed by atoms with Crippen molar-refractivity contribution in [3.63, 3.8) is 0 Å². The lowest BCUT2D eigenvalue weighted by molar-refractivity contribution is -0.121. The second-order valence-corrected chi connectivity index (χ2v) is 16.7. The Balaban J connectivity index is 1.48. The molecule has 1 atom stereocenters. The van der Waals surface area contributed by atoms with Gasteiger partial charge in [-0.05, 0) is 38.7 Å². The van der Waals surface area contributed by atoms with Crippen LogP contribution in [0.4, 0.5) is 10.6 Å². The second kappa shape index (κ2) is 8.85. The minimum absolute atomic E-state index is 0.0659. The summed E-state index contributed by atoms with van der Waals surface area (Å²) in [6.45, 7) is 10.9. The zero-order valence-electron chi connectivity index (χ0n) is 20.9. The summed E-state index contributed by atoms with van der Waals surface area (Å²) in [5.74, 6) is 0.590. The van der Waals surface area contributed by atoms with E-state index in [1.54, 1.807) is 4.90 Å². The first-order valence-electron chi connectivity index (χ1n) is 12.1. The van der Waals surface area contributed by atoms with Gasteiger partial charge in [-0.3, -0.25) is 9.89 Å². The van der Waals surface area contributed by atoms with Crippen molar-refractivity contribution >= 4 is 25.8 Å². The van der Waals surface area contributed by atoms with Crippen molar-refractivity contribution in [1.29, 1.82) is 0 Å². The minimum atomic E-state index is -1.71. The summed E-state index contributed by atoms with van der Waals surface area (Å²) in [4.78, 5) is 28.3. The summed E-state index contributed by atoms with van der Waals surface area (Å²) in [7, 11) is -1.71. The number of carbonyl (C=O) groups is 2. The Bertz CT molecular complexity index is 1060. The smallest absolute Gasteiger partial charge is 0.318 e. The molecule has 8 nitrogen and oxygen atoms in total. The van der Waals surface area contributed by atoms with Gasteiger partial charge in [0.25, 0.3) is 0 Å². The summed E-state index contributed by atoms with van der Waals surface area (Å²) < 4.78 is 0. The van der Waals surface area contributed by atoms with E-state index in [1.165, 1.54) is 0 Å². The molecule has 1 aromatic heterocycles. The lowest BCUT2D eigenvalue weighted by Crippen LogP contribution is -2.52. The third-order valence-corrected chi connectivity index (χ3v) is 11.5. The molecule has 34 heavy (non-hydrogen) atoms. The van der Waals surface area contributed by atoms with Crippen LogP contribution in [-0.2, 0) is 23.3 Å². The fourth-order valence-corrected chi connectivity index (χ4v) is 7.93. The maximum absolute atomic E-state index is 13.3. The number of nitrogens with one attached hydrogen (secondary N) is 3. The Labute approximate surface area is 202 Å². The molecule has 0 spiro atoms. The monoisotopic (exact) mass is 483 g/mol. The van der Waals surface area contributed by atoms with Crippen LogP contribution in [0.1, 0.15) is 49.9 Å². The van der Waals surface area contributed by atoms with E-state index in [0.717, 1.165) is 36.1 Å². The predicted molar refractivity (Wildman–Crippen MR) is 135 cm³/mol. The highest BCUT2D eigenvalue weighted by atomic mass is 28.3. The van der Waals surface area contributed by atoms with Gasteiger partial charge in [0.2, 0.25) is 5.91 Å². The quantitative estimate of drug-likeness (QED) is 0.447. The minimum Gasteiger partial charge on any atom is -0.394 e. The number of carbonyl (C=O) groups excluding carboxylic acids is 2. The van der Waals surface area contributed by atoms with Crippen LogP contribution >= 0.6 is 0 Å². The highest BCUT2D eigenvalue weighted by Gasteiger charge is 2.54. The molecule has 0 unspecified atom stereocenters. The maximum atomic E-state index is 13.3.